The number of hydrogen-bond donors (Lipinski definition) is 8. The van der Waals surface area contributed by atoms with Gasteiger partial charge in [-0.05, 0) is 66.5 Å². The van der Waals surface area contributed by atoms with Crippen LogP contribution < -0.4 is 21.3 Å². The number of aliphatic carboxylic acids is 4. The third kappa shape index (κ3) is 13.3. The zero-order valence-corrected chi connectivity index (χ0v) is 28.2. The number of hydrogen-bond acceptors (Lipinski definition) is 10. The number of carbonyl (C=O) groups is 9. The van der Waals surface area contributed by atoms with Gasteiger partial charge in [0.05, 0.1) is 11.8 Å². The highest BCUT2D eigenvalue weighted by Gasteiger charge is 2.39. The Hall–Kier alpha value is -4.47. The number of nitrogens with one attached hydrogen (secondary N) is 4. The molecule has 2 rings (SSSR count). The van der Waals surface area contributed by atoms with E-state index in [1.165, 1.54) is 0 Å². The molecule has 1 saturated heterocycles. The van der Waals surface area contributed by atoms with Crippen molar-refractivity contribution in [2.75, 3.05) is 18.8 Å². The molecule has 20 heteroatoms. The molecule has 1 aliphatic heterocycles. The molecule has 0 spiro atoms. The predicted octanol–water partition coefficient (Wildman–Crippen LogP) is -0.308. The van der Waals surface area contributed by atoms with E-state index < -0.39 is 96.3 Å². The summed E-state index contributed by atoms with van der Waals surface area (Å²) < 4.78 is 0.815. The number of rotatable bonds is 20. The highest BCUT2D eigenvalue weighted by molar-refractivity contribution is 14.1. The van der Waals surface area contributed by atoms with Crippen LogP contribution in [0.25, 0.3) is 0 Å². The molecule has 1 aliphatic rings. The molecule has 4 atom stereocenters. The molecule has 1 fully saturated rings. The Kier molecular flexibility index (Phi) is 16.0. The monoisotopic (exact) mass is 803 g/mol. The molecule has 48 heavy (non-hydrogen) atoms. The summed E-state index contributed by atoms with van der Waals surface area (Å²) in [6, 6.07) is 0.988. The maximum Gasteiger partial charge on any atom is 0.327 e. The van der Waals surface area contributed by atoms with Gasteiger partial charge in [-0.2, -0.15) is 0 Å². The van der Waals surface area contributed by atoms with Crippen LogP contribution in [0.3, 0.4) is 0 Å². The molecule has 8 N–H and O–H groups in total. The quantitative estimate of drug-likeness (QED) is 0.0477. The topological polar surface area (TPSA) is 286 Å². The SMILES string of the molecule is O=C(O)CC[C@H](NC(=O)N[C@H](CSC1CC(=O)N(CCCC[C@H](NC(=O)CNC(=O)c2cccc([123I])c2)C(=O)O)C1=O)C(=O)O)C(=O)O. The third-order valence-corrected chi connectivity index (χ3v) is 8.74. The summed E-state index contributed by atoms with van der Waals surface area (Å²) >= 11 is 2.82. The van der Waals surface area contributed by atoms with Crippen molar-refractivity contribution in [2.45, 2.75) is 61.9 Å². The maximum atomic E-state index is 12.8. The van der Waals surface area contributed by atoms with Gasteiger partial charge in [0.25, 0.3) is 5.91 Å². The van der Waals surface area contributed by atoms with Crippen molar-refractivity contribution in [1.29, 1.82) is 0 Å². The molecule has 6 amide bonds. The van der Waals surface area contributed by atoms with Crippen LogP contribution in [0.1, 0.15) is 48.9 Å². The lowest BCUT2D eigenvalue weighted by atomic mass is 10.1. The van der Waals surface area contributed by atoms with Crippen LogP contribution in [0.2, 0.25) is 0 Å². The number of imide groups is 1. The molecule has 1 aromatic rings. The first-order valence-electron chi connectivity index (χ1n) is 14.3. The van der Waals surface area contributed by atoms with Crippen molar-refractivity contribution in [3.05, 3.63) is 33.4 Å². The van der Waals surface area contributed by atoms with E-state index in [0.717, 1.165) is 20.2 Å². The normalized spacial score (nSPS) is 15.9. The molecular weight excluding hydrogens is 769 g/mol. The van der Waals surface area contributed by atoms with Crippen molar-refractivity contribution in [3.63, 3.8) is 0 Å². The summed E-state index contributed by atoms with van der Waals surface area (Å²) in [4.78, 5) is 108. The number of carbonyl (C=O) groups excluding carboxylic acids is 5. The average Bonchev–Trinajstić information content (AvgIpc) is 3.28. The van der Waals surface area contributed by atoms with Crippen molar-refractivity contribution in [1.82, 2.24) is 26.2 Å². The molecule has 0 aliphatic carbocycles. The molecule has 262 valence electrons. The Labute approximate surface area is 290 Å². The molecule has 1 unspecified atom stereocenters. The minimum Gasteiger partial charge on any atom is -0.481 e. The summed E-state index contributed by atoms with van der Waals surface area (Å²) in [6.45, 7) is -0.515. The number of benzene rings is 1. The molecule has 1 heterocycles. The van der Waals surface area contributed by atoms with Gasteiger partial charge in [-0.15, -0.1) is 11.8 Å². The first kappa shape index (κ1) is 39.7. The standard InChI is InChI=1S/C28H34IN5O13S/c29-15-5-3-4-14(10-15)23(39)30-12-20(35)31-16(25(41)42)6-1-2-9-34-21(36)11-19(24(34)40)48-13-18(27(45)46)33-28(47)32-17(26(43)44)7-8-22(37)38/h3-5,10,16-19H,1-2,6-9,11-13H2,(H,30,39)(H,31,35)(H,37,38)(H,41,42)(H,43,44)(H,45,46)(H2,32,33,47)/t16-,17-,18+,19?/m0/s1/i29-4. The lowest BCUT2D eigenvalue weighted by Gasteiger charge is -2.19. The van der Waals surface area contributed by atoms with Crippen LogP contribution in [0.4, 0.5) is 4.79 Å². The number of carboxylic acid groups (broad SMARTS) is 4. The van der Waals surface area contributed by atoms with Gasteiger partial charge in [0.2, 0.25) is 17.7 Å². The van der Waals surface area contributed by atoms with E-state index in [0.29, 0.717) is 5.56 Å². The smallest absolute Gasteiger partial charge is 0.327 e. The number of halogens is 1. The molecule has 1 aromatic carbocycles. The van der Waals surface area contributed by atoms with Gasteiger partial charge in [-0.25, -0.2) is 19.2 Å². The summed E-state index contributed by atoms with van der Waals surface area (Å²) in [5, 5.41) is 44.7. The van der Waals surface area contributed by atoms with Crippen LogP contribution in [-0.2, 0) is 33.6 Å². The van der Waals surface area contributed by atoms with Crippen LogP contribution >= 0.6 is 34.4 Å². The Balaban J connectivity index is 1.80. The molecule has 18 nitrogen and oxygen atoms in total. The van der Waals surface area contributed by atoms with Crippen molar-refractivity contribution in [2.24, 2.45) is 0 Å². The predicted molar refractivity (Wildman–Crippen MR) is 174 cm³/mol. The Morgan fingerprint density at radius 3 is 2.10 bits per heavy atom. The summed E-state index contributed by atoms with van der Waals surface area (Å²) in [6.07, 6.45) is -0.891. The first-order chi connectivity index (χ1) is 22.6. The van der Waals surface area contributed by atoms with Crippen molar-refractivity contribution < 1.29 is 63.6 Å². The summed E-state index contributed by atoms with van der Waals surface area (Å²) in [7, 11) is 0. The minimum atomic E-state index is -1.59. The number of likely N-dealkylation sites (tertiary alicyclic amines) is 1. The van der Waals surface area contributed by atoms with Gasteiger partial charge in [-0.1, -0.05) is 6.07 Å². The van der Waals surface area contributed by atoms with Crippen LogP contribution in [0, 0.1) is 3.57 Å². The lowest BCUT2D eigenvalue weighted by Crippen LogP contribution is -2.52. The number of carboxylic acids is 4. The number of thioether (sulfide) groups is 1. The number of amides is 6. The van der Waals surface area contributed by atoms with Gasteiger partial charge in [0.1, 0.15) is 18.1 Å². The fraction of sp³-hybridized carbons (Fsp3) is 0.464. The summed E-state index contributed by atoms with van der Waals surface area (Å²) in [5.74, 6) is -8.37. The largest absolute Gasteiger partial charge is 0.481 e. The van der Waals surface area contributed by atoms with Gasteiger partial charge in [0, 0.05) is 34.3 Å². The zero-order chi connectivity index (χ0) is 36.0. The number of nitrogens with zero attached hydrogens (tertiary/aromatic N) is 1. The number of unbranched alkanes of at least 4 members (excludes halogenated alkanes) is 1. The fourth-order valence-electron chi connectivity index (χ4n) is 4.30. The molecular formula is C28H34IN5O13S. The minimum absolute atomic E-state index is 0.0344. The first-order valence-corrected chi connectivity index (χ1v) is 16.5. The Morgan fingerprint density at radius 2 is 1.50 bits per heavy atom. The fourth-order valence-corrected chi connectivity index (χ4v) is 6.03. The van der Waals surface area contributed by atoms with Crippen LogP contribution in [-0.4, -0.2) is 121 Å². The Morgan fingerprint density at radius 1 is 0.875 bits per heavy atom. The molecule has 0 saturated carbocycles. The van der Waals surface area contributed by atoms with E-state index in [4.69, 9.17) is 10.2 Å². The lowest BCUT2D eigenvalue weighted by molar-refractivity contribution is -0.142. The second-order valence-electron chi connectivity index (χ2n) is 10.4. The van der Waals surface area contributed by atoms with E-state index in [1.54, 1.807) is 24.3 Å². The number of urea groups is 1. The highest BCUT2D eigenvalue weighted by Crippen LogP contribution is 2.26. The molecule has 0 bridgehead atoms. The second kappa shape index (κ2) is 19.4. The molecule has 0 radical (unpaired) electrons. The van der Waals surface area contributed by atoms with Crippen molar-refractivity contribution >= 4 is 87.9 Å². The van der Waals surface area contributed by atoms with E-state index in [-0.39, 0.29) is 38.0 Å². The van der Waals surface area contributed by atoms with E-state index in [9.17, 15) is 53.4 Å². The van der Waals surface area contributed by atoms with Gasteiger partial charge >= 0.3 is 29.9 Å². The summed E-state index contributed by atoms with van der Waals surface area (Å²) in [5.41, 5.74) is 0.333. The zero-order valence-electron chi connectivity index (χ0n) is 25.2. The molecule has 0 aromatic heterocycles. The maximum absolute atomic E-state index is 12.8. The Bertz CT molecular complexity index is 1430. The van der Waals surface area contributed by atoms with E-state index in [1.807, 2.05) is 27.9 Å². The highest BCUT2D eigenvalue weighted by atomic mass is 123. The van der Waals surface area contributed by atoms with Gasteiger partial charge in [0.15, 0.2) is 0 Å². The third-order valence-electron chi connectivity index (χ3n) is 6.77. The van der Waals surface area contributed by atoms with Crippen molar-refractivity contribution in [3.8, 4) is 0 Å². The van der Waals surface area contributed by atoms with E-state index in [2.05, 4.69) is 16.0 Å². The van der Waals surface area contributed by atoms with Crippen LogP contribution in [0.5, 0.6) is 0 Å². The van der Waals surface area contributed by atoms with Gasteiger partial charge in [-0.3, -0.25) is 28.9 Å². The van der Waals surface area contributed by atoms with E-state index >= 15 is 0 Å². The van der Waals surface area contributed by atoms with Gasteiger partial charge < -0.3 is 41.7 Å². The average molecular weight is 804 g/mol. The second-order valence-corrected chi connectivity index (χ2v) is 12.9. The van der Waals surface area contributed by atoms with Crippen LogP contribution in [0.15, 0.2) is 24.3 Å².